The SMILES string of the molecule is CC(=O)NCCS(=O)(=O)Nc1ccc(C(=O)Nc2cccc(N3CCC(F)(F)CC3)n2)c(N2CC[Si](C)(C)CC2)c1. The van der Waals surface area contributed by atoms with Crippen molar-refractivity contribution in [2.24, 2.45) is 0 Å². The Labute approximate surface area is 241 Å². The first-order valence-corrected chi connectivity index (χ1v) is 18.8. The van der Waals surface area contributed by atoms with E-state index < -0.39 is 29.9 Å². The molecule has 2 aliphatic heterocycles. The predicted molar refractivity (Wildman–Crippen MR) is 160 cm³/mol. The number of benzene rings is 1. The fourth-order valence-electron chi connectivity index (χ4n) is 4.91. The van der Waals surface area contributed by atoms with Crippen molar-refractivity contribution < 1.29 is 26.8 Å². The average Bonchev–Trinajstić information content (AvgIpc) is 2.88. The molecule has 0 spiro atoms. The van der Waals surface area contributed by atoms with Crippen LogP contribution in [0.15, 0.2) is 36.4 Å². The van der Waals surface area contributed by atoms with Gasteiger partial charge in [0.1, 0.15) is 11.6 Å². The van der Waals surface area contributed by atoms with Crippen LogP contribution in [0.2, 0.25) is 25.2 Å². The van der Waals surface area contributed by atoms with Crippen LogP contribution in [0, 0.1) is 0 Å². The molecule has 2 amide bonds. The van der Waals surface area contributed by atoms with Crippen LogP contribution < -0.4 is 25.2 Å². The first kappa shape index (κ1) is 30.7. The third kappa shape index (κ3) is 8.61. The predicted octanol–water partition coefficient (Wildman–Crippen LogP) is 3.98. The second-order valence-corrected chi connectivity index (χ2v) is 18.6. The summed E-state index contributed by atoms with van der Waals surface area (Å²) in [6, 6.07) is 12.0. The molecule has 14 heteroatoms. The topological polar surface area (TPSA) is 124 Å². The summed E-state index contributed by atoms with van der Waals surface area (Å²) in [5.74, 6) is -2.86. The van der Waals surface area contributed by atoms with Crippen LogP contribution in [-0.2, 0) is 14.8 Å². The molecule has 0 unspecified atom stereocenters. The van der Waals surface area contributed by atoms with Gasteiger partial charge in [-0.3, -0.25) is 14.3 Å². The molecule has 4 rings (SSSR count). The average molecular weight is 609 g/mol. The minimum Gasteiger partial charge on any atom is -0.371 e. The van der Waals surface area contributed by atoms with E-state index in [9.17, 15) is 26.8 Å². The van der Waals surface area contributed by atoms with Crippen molar-refractivity contribution >= 4 is 52.9 Å². The number of aromatic nitrogens is 1. The van der Waals surface area contributed by atoms with E-state index in [1.165, 1.54) is 13.0 Å². The number of nitrogens with zero attached hydrogens (tertiary/aromatic N) is 3. The number of hydrogen-bond acceptors (Lipinski definition) is 7. The van der Waals surface area contributed by atoms with Crippen LogP contribution in [0.25, 0.3) is 0 Å². The summed E-state index contributed by atoms with van der Waals surface area (Å²) in [6.07, 6.45) is -0.485. The molecule has 0 radical (unpaired) electrons. The van der Waals surface area contributed by atoms with Crippen LogP contribution in [0.3, 0.4) is 0 Å². The largest absolute Gasteiger partial charge is 0.371 e. The number of carbonyl (C=O) groups is 2. The van der Waals surface area contributed by atoms with Crippen molar-refractivity contribution in [3.63, 3.8) is 0 Å². The number of rotatable bonds is 9. The lowest BCUT2D eigenvalue weighted by molar-refractivity contribution is -0.118. The van der Waals surface area contributed by atoms with Gasteiger partial charge in [-0.05, 0) is 42.4 Å². The molecule has 0 aliphatic carbocycles. The molecule has 41 heavy (non-hydrogen) atoms. The zero-order valence-electron chi connectivity index (χ0n) is 23.7. The first-order valence-electron chi connectivity index (χ1n) is 13.8. The van der Waals surface area contributed by atoms with E-state index in [2.05, 4.69) is 38.3 Å². The minimum absolute atomic E-state index is 0.0181. The second kappa shape index (κ2) is 12.3. The number of halogens is 2. The molecule has 0 bridgehead atoms. The van der Waals surface area contributed by atoms with Gasteiger partial charge in [0.25, 0.3) is 11.8 Å². The molecule has 2 fully saturated rings. The van der Waals surface area contributed by atoms with Crippen molar-refractivity contribution in [3.8, 4) is 0 Å². The molecule has 224 valence electrons. The van der Waals surface area contributed by atoms with Crippen molar-refractivity contribution in [2.75, 3.05) is 58.3 Å². The summed E-state index contributed by atoms with van der Waals surface area (Å²) in [5.41, 5.74) is 1.31. The number of hydrogen-bond donors (Lipinski definition) is 3. The van der Waals surface area contributed by atoms with E-state index in [1.54, 1.807) is 35.2 Å². The first-order chi connectivity index (χ1) is 19.2. The maximum atomic E-state index is 13.6. The number of alkyl halides is 2. The number of pyridine rings is 1. The van der Waals surface area contributed by atoms with Crippen molar-refractivity contribution in [1.29, 1.82) is 0 Å². The molecule has 2 saturated heterocycles. The zero-order chi connectivity index (χ0) is 29.8. The van der Waals surface area contributed by atoms with Gasteiger partial charge in [-0.2, -0.15) is 0 Å². The van der Waals surface area contributed by atoms with E-state index in [0.29, 0.717) is 28.6 Å². The van der Waals surface area contributed by atoms with Crippen LogP contribution in [0.4, 0.5) is 31.8 Å². The van der Waals surface area contributed by atoms with Gasteiger partial charge in [-0.1, -0.05) is 19.2 Å². The van der Waals surface area contributed by atoms with E-state index in [4.69, 9.17) is 0 Å². The Morgan fingerprint density at radius 3 is 2.37 bits per heavy atom. The van der Waals surface area contributed by atoms with Gasteiger partial charge in [0.15, 0.2) is 0 Å². The summed E-state index contributed by atoms with van der Waals surface area (Å²) < 4.78 is 55.0. The van der Waals surface area contributed by atoms with Crippen molar-refractivity contribution in [1.82, 2.24) is 10.3 Å². The summed E-state index contributed by atoms with van der Waals surface area (Å²) >= 11 is 0. The quantitative estimate of drug-likeness (QED) is 0.368. The van der Waals surface area contributed by atoms with Crippen LogP contribution in [0.5, 0.6) is 0 Å². The maximum Gasteiger partial charge on any atom is 0.258 e. The smallest absolute Gasteiger partial charge is 0.258 e. The Morgan fingerprint density at radius 2 is 1.71 bits per heavy atom. The van der Waals surface area contributed by atoms with Crippen LogP contribution in [0.1, 0.15) is 30.1 Å². The van der Waals surface area contributed by atoms with Gasteiger partial charge in [0.05, 0.1) is 30.8 Å². The standard InChI is InChI=1S/C27H38F2N6O4SSi/c1-20(36)30-11-16-40(38,39)33-21-7-8-22(23(19-21)34-14-17-41(2,3)18-15-34)26(37)32-24-5-4-6-25(31-24)35-12-9-27(28,29)10-13-35/h4-8,19,33H,9-18H2,1-3H3,(H,30,36)(H,31,32,37). The van der Waals surface area contributed by atoms with Gasteiger partial charge in [-0.15, -0.1) is 0 Å². The summed E-state index contributed by atoms with van der Waals surface area (Å²) in [7, 11) is -5.07. The van der Waals surface area contributed by atoms with Gasteiger partial charge >= 0.3 is 0 Å². The lowest BCUT2D eigenvalue weighted by Crippen LogP contribution is -2.43. The molecular weight excluding hydrogens is 570 g/mol. The fraction of sp³-hybridized carbons (Fsp3) is 0.519. The lowest BCUT2D eigenvalue weighted by atomic mass is 10.1. The molecule has 3 N–H and O–H groups in total. The van der Waals surface area contributed by atoms with Crippen LogP contribution >= 0.6 is 0 Å². The molecule has 2 aliphatic rings. The Morgan fingerprint density at radius 1 is 1.02 bits per heavy atom. The summed E-state index contributed by atoms with van der Waals surface area (Å²) in [6.45, 7) is 7.84. The van der Waals surface area contributed by atoms with Crippen molar-refractivity contribution in [2.45, 2.75) is 50.9 Å². The Bertz CT molecular complexity index is 1370. The second-order valence-electron chi connectivity index (χ2n) is 11.5. The van der Waals surface area contributed by atoms with Crippen molar-refractivity contribution in [3.05, 3.63) is 42.0 Å². The summed E-state index contributed by atoms with van der Waals surface area (Å²) in [4.78, 5) is 33.0. The fourth-order valence-corrected chi connectivity index (χ4v) is 7.87. The molecule has 3 heterocycles. The highest BCUT2D eigenvalue weighted by Gasteiger charge is 2.34. The number of anilines is 4. The third-order valence-electron chi connectivity index (χ3n) is 7.51. The molecule has 0 atom stereocenters. The zero-order valence-corrected chi connectivity index (χ0v) is 25.5. The third-order valence-corrected chi connectivity index (χ3v) is 12.0. The number of piperidine rings is 1. The molecule has 2 aromatic rings. The van der Waals surface area contributed by atoms with Crippen LogP contribution in [-0.4, -0.2) is 77.7 Å². The van der Waals surface area contributed by atoms with Gasteiger partial charge in [-0.25, -0.2) is 22.2 Å². The van der Waals surface area contributed by atoms with E-state index in [0.717, 1.165) is 25.2 Å². The highest BCUT2D eigenvalue weighted by Crippen LogP contribution is 2.33. The Kier molecular flexibility index (Phi) is 9.21. The Hall–Kier alpha value is -3.26. The lowest BCUT2D eigenvalue weighted by Gasteiger charge is -2.38. The normalized spacial score (nSPS) is 18.5. The monoisotopic (exact) mass is 608 g/mol. The highest BCUT2D eigenvalue weighted by atomic mass is 32.2. The number of carbonyl (C=O) groups excluding carboxylic acids is 2. The highest BCUT2D eigenvalue weighted by molar-refractivity contribution is 7.92. The Balaban J connectivity index is 1.54. The minimum atomic E-state index is -3.74. The molecular formula is C27H38F2N6O4SSi. The maximum absolute atomic E-state index is 13.6. The molecule has 1 aromatic carbocycles. The van der Waals surface area contributed by atoms with Gasteiger partial charge < -0.3 is 20.4 Å². The van der Waals surface area contributed by atoms with Gasteiger partial charge in [0.2, 0.25) is 15.9 Å². The number of amides is 2. The van der Waals surface area contributed by atoms with E-state index in [-0.39, 0.29) is 44.1 Å². The number of nitrogens with one attached hydrogen (secondary N) is 3. The molecule has 0 saturated carbocycles. The van der Waals surface area contributed by atoms with Gasteiger partial charge in [0, 0.05) is 52.5 Å². The summed E-state index contributed by atoms with van der Waals surface area (Å²) in [5, 5.41) is 5.31. The molecule has 10 nitrogen and oxygen atoms in total. The van der Waals surface area contributed by atoms with E-state index >= 15 is 0 Å². The number of sulfonamides is 1. The van der Waals surface area contributed by atoms with E-state index in [1.807, 2.05) is 0 Å². The molecule has 1 aromatic heterocycles.